The highest BCUT2D eigenvalue weighted by atomic mass is 19.1. The molecular weight excluding hydrogens is 715 g/mol. The van der Waals surface area contributed by atoms with Gasteiger partial charge in [-0.3, -0.25) is 29.3 Å². The average molecular weight is 757 g/mol. The first-order valence-corrected chi connectivity index (χ1v) is 16.8. The van der Waals surface area contributed by atoms with Gasteiger partial charge in [0.1, 0.15) is 42.9 Å². The highest BCUT2D eigenvalue weighted by Gasteiger charge is 2.52. The molecule has 1 saturated heterocycles. The van der Waals surface area contributed by atoms with Crippen molar-refractivity contribution in [1.82, 2.24) is 5.32 Å². The normalized spacial score (nSPS) is 22.4. The molecule has 290 valence electrons. The van der Waals surface area contributed by atoms with Crippen molar-refractivity contribution >= 4 is 29.8 Å². The molecule has 0 aliphatic carbocycles. The number of allylic oxidation sites excluding steroid dienone is 3. The molecule has 4 rings (SSSR count). The van der Waals surface area contributed by atoms with Crippen molar-refractivity contribution in [2.45, 2.75) is 91.0 Å². The Labute approximate surface area is 309 Å². The Morgan fingerprint density at radius 1 is 0.796 bits per heavy atom. The lowest BCUT2D eigenvalue weighted by atomic mass is 9.83. The van der Waals surface area contributed by atoms with Crippen LogP contribution in [0.3, 0.4) is 0 Å². The number of carbonyl (C=O) groups excluding carboxylic acids is 5. The van der Waals surface area contributed by atoms with E-state index in [2.05, 4.69) is 5.32 Å². The van der Waals surface area contributed by atoms with Crippen LogP contribution in [0.25, 0.3) is 0 Å². The molecule has 2 aliphatic rings. The summed E-state index contributed by atoms with van der Waals surface area (Å²) in [6, 6.07) is 12.1. The zero-order valence-electron chi connectivity index (χ0n) is 30.5. The van der Waals surface area contributed by atoms with E-state index in [9.17, 15) is 38.5 Å². The fraction of sp³-hybridized carbons (Fsp3) is 0.432. The monoisotopic (exact) mass is 756 g/mol. The highest BCUT2D eigenvalue weighted by Crippen LogP contribution is 2.43. The SMILES string of the molecule is CC(=O)OC[C@H]1O[C@@H](CCOC(=O)C2=C(C)NC(C)=C([N+](=O)[O-])C2c2ccccc2OCc2ccc(F)cc2)[C@H](OC(C)=O)[C@@H](OC(C)=O)[C@@H]1OC(C)=O. The number of esters is 5. The summed E-state index contributed by atoms with van der Waals surface area (Å²) in [6.45, 7) is 6.65. The topological polar surface area (TPSA) is 205 Å². The molecule has 1 unspecified atom stereocenters. The number of nitro groups is 1. The van der Waals surface area contributed by atoms with Crippen LogP contribution in [-0.4, -0.2) is 78.5 Å². The fourth-order valence-corrected chi connectivity index (χ4v) is 6.29. The van der Waals surface area contributed by atoms with Crippen LogP contribution in [-0.2, 0) is 59.0 Å². The quantitative estimate of drug-likeness (QED) is 0.126. The van der Waals surface area contributed by atoms with Crippen LogP contribution in [0.15, 0.2) is 71.2 Å². The van der Waals surface area contributed by atoms with Crippen LogP contribution in [0.1, 0.15) is 65.0 Å². The van der Waals surface area contributed by atoms with E-state index in [1.54, 1.807) is 31.2 Å². The van der Waals surface area contributed by atoms with E-state index >= 15 is 0 Å². The molecule has 17 heteroatoms. The maximum atomic E-state index is 14.0. The van der Waals surface area contributed by atoms with Gasteiger partial charge >= 0.3 is 29.8 Å². The molecule has 6 atom stereocenters. The largest absolute Gasteiger partial charge is 0.489 e. The number of hydrogen-bond donors (Lipinski definition) is 1. The van der Waals surface area contributed by atoms with Crippen molar-refractivity contribution in [3.63, 3.8) is 0 Å². The zero-order valence-corrected chi connectivity index (χ0v) is 30.5. The van der Waals surface area contributed by atoms with E-state index < -0.39 is 90.2 Å². The van der Waals surface area contributed by atoms with Crippen molar-refractivity contribution in [3.8, 4) is 5.75 Å². The van der Waals surface area contributed by atoms with E-state index in [0.717, 1.165) is 27.7 Å². The second-order valence-electron chi connectivity index (χ2n) is 12.5. The Morgan fingerprint density at radius 3 is 1.98 bits per heavy atom. The maximum absolute atomic E-state index is 14.0. The van der Waals surface area contributed by atoms with Gasteiger partial charge in [-0.1, -0.05) is 30.3 Å². The summed E-state index contributed by atoms with van der Waals surface area (Å²) in [6.07, 6.45) is -6.70. The third-order valence-electron chi connectivity index (χ3n) is 8.40. The first-order chi connectivity index (χ1) is 25.6. The Morgan fingerprint density at radius 2 is 1.39 bits per heavy atom. The Balaban J connectivity index is 1.63. The minimum atomic E-state index is -1.41. The molecule has 0 amide bonds. The molecule has 0 radical (unpaired) electrons. The van der Waals surface area contributed by atoms with E-state index in [1.807, 2.05) is 0 Å². The van der Waals surface area contributed by atoms with Gasteiger partial charge in [-0.15, -0.1) is 0 Å². The molecule has 1 N–H and O–H groups in total. The number of nitrogens with one attached hydrogen (secondary N) is 1. The number of benzene rings is 2. The molecule has 2 heterocycles. The Bertz CT molecular complexity index is 1820. The Hall–Kier alpha value is -5.84. The molecule has 54 heavy (non-hydrogen) atoms. The number of carbonyl (C=O) groups is 5. The first-order valence-electron chi connectivity index (χ1n) is 16.8. The number of hydrogen-bond acceptors (Lipinski definition) is 15. The average Bonchev–Trinajstić information content (AvgIpc) is 3.08. The summed E-state index contributed by atoms with van der Waals surface area (Å²) in [5.74, 6) is -5.47. The van der Waals surface area contributed by atoms with Gasteiger partial charge in [0, 0.05) is 45.4 Å². The molecule has 16 nitrogen and oxygen atoms in total. The lowest BCUT2D eigenvalue weighted by molar-refractivity contribution is -0.431. The van der Waals surface area contributed by atoms with Crippen LogP contribution in [0.2, 0.25) is 0 Å². The van der Waals surface area contributed by atoms with E-state index in [1.165, 1.54) is 31.2 Å². The maximum Gasteiger partial charge on any atom is 0.336 e. The van der Waals surface area contributed by atoms with E-state index in [-0.39, 0.29) is 47.0 Å². The van der Waals surface area contributed by atoms with Gasteiger partial charge in [0.15, 0.2) is 18.3 Å². The Kier molecular flexibility index (Phi) is 13.8. The number of rotatable bonds is 14. The second kappa shape index (κ2) is 18.3. The molecule has 2 aromatic carbocycles. The minimum Gasteiger partial charge on any atom is -0.489 e. The summed E-state index contributed by atoms with van der Waals surface area (Å²) < 4.78 is 52.7. The lowest BCUT2D eigenvalue weighted by Gasteiger charge is -2.44. The van der Waals surface area contributed by atoms with Crippen LogP contribution in [0, 0.1) is 15.9 Å². The summed E-state index contributed by atoms with van der Waals surface area (Å²) in [5, 5.41) is 15.4. The molecular formula is C37H41FN2O14. The van der Waals surface area contributed by atoms with Gasteiger partial charge in [0.2, 0.25) is 0 Å². The molecule has 0 saturated carbocycles. The van der Waals surface area contributed by atoms with Gasteiger partial charge in [-0.25, -0.2) is 9.18 Å². The standard InChI is InChI=1S/C37H41FN2O14/c1-19-31(32(33(40(46)47)20(2)39-19)27-9-7-8-10-28(27)50-17-25-11-13-26(38)14-12-25)37(45)48-16-15-29-34(51-22(4)42)36(53-24(6)44)35(52-23(5)43)30(54-29)18-49-21(3)41/h7-14,29-30,32,34-36,39H,15-18H2,1-6H3/t29-,30+,32?,34-,35+,36+/m0/s1. The van der Waals surface area contributed by atoms with E-state index in [4.69, 9.17) is 33.2 Å². The minimum absolute atomic E-state index is 0.00275. The molecule has 0 aromatic heterocycles. The van der Waals surface area contributed by atoms with Crippen LogP contribution >= 0.6 is 0 Å². The predicted octanol–water partition coefficient (Wildman–Crippen LogP) is 3.93. The summed E-state index contributed by atoms with van der Waals surface area (Å²) in [5.41, 5.74) is 0.958. The van der Waals surface area contributed by atoms with Crippen molar-refractivity contribution in [1.29, 1.82) is 0 Å². The summed E-state index contributed by atoms with van der Waals surface area (Å²) >= 11 is 0. The van der Waals surface area contributed by atoms with Crippen LogP contribution in [0.4, 0.5) is 4.39 Å². The van der Waals surface area contributed by atoms with Gasteiger partial charge in [-0.2, -0.15) is 0 Å². The van der Waals surface area contributed by atoms with Crippen LogP contribution < -0.4 is 10.1 Å². The fourth-order valence-electron chi connectivity index (χ4n) is 6.29. The number of para-hydroxylation sites is 1. The zero-order chi connectivity index (χ0) is 39.7. The molecule has 1 fully saturated rings. The smallest absolute Gasteiger partial charge is 0.336 e. The number of halogens is 1. The third-order valence-corrected chi connectivity index (χ3v) is 8.40. The van der Waals surface area contributed by atoms with Crippen molar-refractivity contribution in [2.24, 2.45) is 0 Å². The molecule has 2 aliphatic heterocycles. The number of ether oxygens (including phenoxy) is 7. The lowest BCUT2D eigenvalue weighted by Crippen LogP contribution is -2.62. The molecule has 0 spiro atoms. The van der Waals surface area contributed by atoms with Crippen molar-refractivity contribution < 1.29 is 66.4 Å². The first kappa shape index (κ1) is 40.9. The van der Waals surface area contributed by atoms with Gasteiger partial charge in [0.25, 0.3) is 5.70 Å². The summed E-state index contributed by atoms with van der Waals surface area (Å²) in [4.78, 5) is 74.0. The summed E-state index contributed by atoms with van der Waals surface area (Å²) in [7, 11) is 0. The van der Waals surface area contributed by atoms with Crippen LogP contribution in [0.5, 0.6) is 5.75 Å². The van der Waals surface area contributed by atoms with Gasteiger partial charge in [-0.05, 0) is 37.6 Å². The molecule has 0 bridgehead atoms. The number of nitrogens with zero attached hydrogens (tertiary/aromatic N) is 1. The molecule has 2 aromatic rings. The van der Waals surface area contributed by atoms with Crippen molar-refractivity contribution in [2.75, 3.05) is 13.2 Å². The van der Waals surface area contributed by atoms with Gasteiger partial charge in [0.05, 0.1) is 22.8 Å². The third kappa shape index (κ3) is 10.4. The second-order valence-corrected chi connectivity index (χ2v) is 12.5. The van der Waals surface area contributed by atoms with E-state index in [0.29, 0.717) is 5.56 Å². The van der Waals surface area contributed by atoms with Crippen molar-refractivity contribution in [3.05, 3.63) is 98.3 Å². The number of dihydropyridines is 1. The van der Waals surface area contributed by atoms with Gasteiger partial charge < -0.3 is 38.5 Å². The highest BCUT2D eigenvalue weighted by molar-refractivity contribution is 5.92. The predicted molar refractivity (Wildman–Crippen MR) is 183 cm³/mol.